The van der Waals surface area contributed by atoms with Crippen molar-refractivity contribution in [2.24, 2.45) is 0 Å². The molecular formula is C11H10F2N4. The van der Waals surface area contributed by atoms with Crippen molar-refractivity contribution < 1.29 is 8.78 Å². The molecule has 1 aromatic carbocycles. The molecule has 1 aromatic heterocycles. The molecule has 0 aliphatic carbocycles. The fourth-order valence-corrected chi connectivity index (χ4v) is 1.40. The first-order chi connectivity index (χ1) is 8.06. The summed E-state index contributed by atoms with van der Waals surface area (Å²) in [7, 11) is 0. The molecule has 0 aliphatic rings. The zero-order valence-corrected chi connectivity index (χ0v) is 9.04. The molecule has 88 valence electrons. The van der Waals surface area contributed by atoms with Crippen LogP contribution < -0.4 is 11.1 Å². The maximum absolute atomic E-state index is 13.4. The second-order valence-corrected chi connectivity index (χ2v) is 3.45. The fraction of sp³-hybridized carbons (Fsp3) is 0.0909. The maximum Gasteiger partial charge on any atom is 0.149 e. The quantitative estimate of drug-likeness (QED) is 0.840. The van der Waals surface area contributed by atoms with Crippen molar-refractivity contribution in [1.82, 2.24) is 9.97 Å². The van der Waals surface area contributed by atoms with Crippen molar-refractivity contribution in [3.8, 4) is 0 Å². The van der Waals surface area contributed by atoms with Crippen molar-refractivity contribution in [2.45, 2.75) is 6.92 Å². The summed E-state index contributed by atoms with van der Waals surface area (Å²) in [6.45, 7) is 1.64. The monoisotopic (exact) mass is 236 g/mol. The summed E-state index contributed by atoms with van der Waals surface area (Å²) >= 11 is 0. The highest BCUT2D eigenvalue weighted by Gasteiger charge is 2.09. The van der Waals surface area contributed by atoms with Crippen LogP contribution in [0.4, 0.5) is 26.1 Å². The number of para-hydroxylation sites is 1. The molecule has 2 aromatic rings. The second kappa shape index (κ2) is 4.32. The Labute approximate surface area is 96.5 Å². The summed E-state index contributed by atoms with van der Waals surface area (Å²) in [6.07, 6.45) is 0. The van der Waals surface area contributed by atoms with Crippen LogP contribution in [0.5, 0.6) is 0 Å². The first kappa shape index (κ1) is 11.3. The molecule has 2 rings (SSSR count). The average molecular weight is 236 g/mol. The minimum Gasteiger partial charge on any atom is -0.384 e. The molecule has 0 fully saturated rings. The van der Waals surface area contributed by atoms with Gasteiger partial charge in [-0.1, -0.05) is 6.07 Å². The number of aromatic nitrogens is 2. The third kappa shape index (κ3) is 2.47. The molecule has 0 radical (unpaired) electrons. The molecule has 0 bridgehead atoms. The van der Waals surface area contributed by atoms with Crippen LogP contribution in [0.25, 0.3) is 0 Å². The number of nitrogens with two attached hydrogens (primary N) is 1. The third-order valence-electron chi connectivity index (χ3n) is 2.07. The standard InChI is InChI=1S/C11H10F2N4/c1-6-15-9(14)5-10(16-6)17-11-7(12)3-2-4-8(11)13/h2-5H,1H3,(H3,14,15,16,17). The zero-order chi connectivity index (χ0) is 12.4. The number of halogens is 2. The van der Waals surface area contributed by atoms with Crippen LogP contribution in [0, 0.1) is 18.6 Å². The molecular weight excluding hydrogens is 226 g/mol. The molecule has 6 heteroatoms. The SMILES string of the molecule is Cc1nc(N)cc(Nc2c(F)cccc2F)n1. The third-order valence-corrected chi connectivity index (χ3v) is 2.07. The van der Waals surface area contributed by atoms with E-state index in [2.05, 4.69) is 15.3 Å². The summed E-state index contributed by atoms with van der Waals surface area (Å²) in [4.78, 5) is 7.84. The molecule has 0 spiro atoms. The first-order valence-corrected chi connectivity index (χ1v) is 4.88. The highest BCUT2D eigenvalue weighted by atomic mass is 19.1. The molecule has 0 atom stereocenters. The summed E-state index contributed by atoms with van der Waals surface area (Å²) in [5, 5.41) is 2.54. The number of anilines is 3. The number of nitrogens with zero attached hydrogens (tertiary/aromatic N) is 2. The summed E-state index contributed by atoms with van der Waals surface area (Å²) in [5.74, 6) is -0.486. The van der Waals surface area contributed by atoms with Gasteiger partial charge in [-0.2, -0.15) is 0 Å². The van der Waals surface area contributed by atoms with E-state index in [1.54, 1.807) is 6.92 Å². The van der Waals surface area contributed by atoms with Crippen molar-refractivity contribution in [2.75, 3.05) is 11.1 Å². The Kier molecular flexibility index (Phi) is 2.86. The molecule has 0 aliphatic heterocycles. The van der Waals surface area contributed by atoms with E-state index < -0.39 is 11.6 Å². The molecule has 0 saturated heterocycles. The number of benzene rings is 1. The van der Waals surface area contributed by atoms with E-state index in [0.29, 0.717) is 5.82 Å². The minimum atomic E-state index is -0.695. The normalized spacial score (nSPS) is 10.3. The molecule has 17 heavy (non-hydrogen) atoms. The number of aryl methyl sites for hydroxylation is 1. The predicted octanol–water partition coefficient (Wildman–Crippen LogP) is 2.39. The Hall–Kier alpha value is -2.24. The van der Waals surface area contributed by atoms with E-state index in [1.807, 2.05) is 0 Å². The fourth-order valence-electron chi connectivity index (χ4n) is 1.40. The van der Waals surface area contributed by atoms with Gasteiger partial charge in [0.25, 0.3) is 0 Å². The lowest BCUT2D eigenvalue weighted by Gasteiger charge is -2.08. The van der Waals surface area contributed by atoms with E-state index in [1.165, 1.54) is 12.1 Å². The zero-order valence-electron chi connectivity index (χ0n) is 9.04. The van der Waals surface area contributed by atoms with E-state index in [4.69, 9.17) is 5.73 Å². The van der Waals surface area contributed by atoms with Gasteiger partial charge in [0.1, 0.15) is 34.8 Å². The van der Waals surface area contributed by atoms with Gasteiger partial charge in [0.2, 0.25) is 0 Å². The Morgan fingerprint density at radius 3 is 2.41 bits per heavy atom. The van der Waals surface area contributed by atoms with Crippen LogP contribution in [-0.2, 0) is 0 Å². The van der Waals surface area contributed by atoms with E-state index in [0.717, 1.165) is 12.1 Å². The first-order valence-electron chi connectivity index (χ1n) is 4.88. The largest absolute Gasteiger partial charge is 0.384 e. The van der Waals surface area contributed by atoms with E-state index in [-0.39, 0.29) is 17.3 Å². The van der Waals surface area contributed by atoms with Crippen LogP contribution in [0.2, 0.25) is 0 Å². The molecule has 0 saturated carbocycles. The average Bonchev–Trinajstić information content (AvgIpc) is 2.22. The number of nitrogen functional groups attached to an aromatic ring is 1. The van der Waals surface area contributed by atoms with Crippen molar-refractivity contribution >= 4 is 17.3 Å². The van der Waals surface area contributed by atoms with Crippen molar-refractivity contribution in [1.29, 1.82) is 0 Å². The maximum atomic E-state index is 13.4. The van der Waals surface area contributed by atoms with Crippen LogP contribution in [0.3, 0.4) is 0 Å². The molecule has 0 unspecified atom stereocenters. The highest BCUT2D eigenvalue weighted by Crippen LogP contribution is 2.22. The van der Waals surface area contributed by atoms with Gasteiger partial charge in [-0.05, 0) is 19.1 Å². The van der Waals surface area contributed by atoms with Gasteiger partial charge in [-0.3, -0.25) is 0 Å². The van der Waals surface area contributed by atoms with Crippen LogP contribution in [0.15, 0.2) is 24.3 Å². The number of hydrogen-bond donors (Lipinski definition) is 2. The molecule has 0 amide bonds. The second-order valence-electron chi connectivity index (χ2n) is 3.45. The predicted molar refractivity (Wildman–Crippen MR) is 60.8 cm³/mol. The summed E-state index contributed by atoms with van der Waals surface area (Å²) < 4.78 is 26.7. The molecule has 4 nitrogen and oxygen atoms in total. The number of rotatable bonds is 2. The Morgan fingerprint density at radius 1 is 1.18 bits per heavy atom. The van der Waals surface area contributed by atoms with Gasteiger partial charge >= 0.3 is 0 Å². The molecule has 1 heterocycles. The van der Waals surface area contributed by atoms with Crippen molar-refractivity contribution in [3.63, 3.8) is 0 Å². The van der Waals surface area contributed by atoms with Crippen LogP contribution >= 0.6 is 0 Å². The van der Waals surface area contributed by atoms with E-state index in [9.17, 15) is 8.78 Å². The lowest BCUT2D eigenvalue weighted by molar-refractivity contribution is 0.590. The lowest BCUT2D eigenvalue weighted by atomic mass is 10.3. The summed E-state index contributed by atoms with van der Waals surface area (Å²) in [6, 6.07) is 5.00. The van der Waals surface area contributed by atoms with Gasteiger partial charge in [0.15, 0.2) is 0 Å². The molecule has 3 N–H and O–H groups in total. The Bertz CT molecular complexity index is 517. The number of hydrogen-bond acceptors (Lipinski definition) is 4. The van der Waals surface area contributed by atoms with Crippen LogP contribution in [0.1, 0.15) is 5.82 Å². The van der Waals surface area contributed by atoms with Gasteiger partial charge < -0.3 is 11.1 Å². The minimum absolute atomic E-state index is 0.233. The van der Waals surface area contributed by atoms with Gasteiger partial charge in [0.05, 0.1) is 0 Å². The Balaban J connectivity index is 2.38. The summed E-state index contributed by atoms with van der Waals surface area (Å²) in [5.41, 5.74) is 5.25. The van der Waals surface area contributed by atoms with Crippen LogP contribution in [-0.4, -0.2) is 9.97 Å². The van der Waals surface area contributed by atoms with Gasteiger partial charge in [0, 0.05) is 6.07 Å². The van der Waals surface area contributed by atoms with Gasteiger partial charge in [-0.15, -0.1) is 0 Å². The topological polar surface area (TPSA) is 63.8 Å². The smallest absolute Gasteiger partial charge is 0.149 e. The van der Waals surface area contributed by atoms with Crippen molar-refractivity contribution in [3.05, 3.63) is 41.7 Å². The Morgan fingerprint density at radius 2 is 1.82 bits per heavy atom. The highest BCUT2D eigenvalue weighted by molar-refractivity contribution is 5.59. The lowest BCUT2D eigenvalue weighted by Crippen LogP contribution is -2.03. The number of nitrogens with one attached hydrogen (secondary N) is 1. The van der Waals surface area contributed by atoms with Gasteiger partial charge in [-0.25, -0.2) is 18.7 Å². The van der Waals surface area contributed by atoms with E-state index >= 15 is 0 Å².